The standard InChI is InChI=1S/C11H6BrClOS/c12-8-3-1-7(2-4-8)10(14)11-9(13)5-6-15-11/h1-6H. The van der Waals surface area contributed by atoms with Gasteiger partial charge in [0, 0.05) is 10.0 Å². The second kappa shape index (κ2) is 4.47. The zero-order valence-electron chi connectivity index (χ0n) is 7.54. The van der Waals surface area contributed by atoms with Crippen LogP contribution in [0.5, 0.6) is 0 Å². The molecular formula is C11H6BrClOS. The van der Waals surface area contributed by atoms with Crippen molar-refractivity contribution in [1.29, 1.82) is 0 Å². The number of ketones is 1. The van der Waals surface area contributed by atoms with Crippen LogP contribution in [0.1, 0.15) is 15.2 Å². The molecule has 0 atom stereocenters. The first-order valence-electron chi connectivity index (χ1n) is 4.22. The maximum absolute atomic E-state index is 12.0. The molecule has 0 aliphatic carbocycles. The molecule has 1 heterocycles. The molecule has 15 heavy (non-hydrogen) atoms. The highest BCUT2D eigenvalue weighted by atomic mass is 79.9. The lowest BCUT2D eigenvalue weighted by Gasteiger charge is -1.98. The minimum Gasteiger partial charge on any atom is -0.288 e. The summed E-state index contributed by atoms with van der Waals surface area (Å²) >= 11 is 10.6. The molecule has 1 aromatic heterocycles. The van der Waals surface area contributed by atoms with Crippen LogP contribution in [0, 0.1) is 0 Å². The van der Waals surface area contributed by atoms with Crippen molar-refractivity contribution in [2.75, 3.05) is 0 Å². The van der Waals surface area contributed by atoms with Crippen molar-refractivity contribution in [1.82, 2.24) is 0 Å². The Labute approximate surface area is 105 Å². The van der Waals surface area contributed by atoms with Gasteiger partial charge >= 0.3 is 0 Å². The summed E-state index contributed by atoms with van der Waals surface area (Å²) in [7, 11) is 0. The van der Waals surface area contributed by atoms with Gasteiger partial charge in [0.05, 0.1) is 9.90 Å². The molecule has 2 rings (SSSR count). The van der Waals surface area contributed by atoms with Gasteiger partial charge in [0.2, 0.25) is 5.78 Å². The molecule has 4 heteroatoms. The summed E-state index contributed by atoms with van der Waals surface area (Å²) in [5.74, 6) is -0.0255. The van der Waals surface area contributed by atoms with Crippen molar-refractivity contribution in [3.63, 3.8) is 0 Å². The first-order chi connectivity index (χ1) is 7.18. The number of thiophene rings is 1. The molecule has 0 spiro atoms. The number of carbonyl (C=O) groups is 1. The van der Waals surface area contributed by atoms with Gasteiger partial charge in [0.15, 0.2) is 0 Å². The van der Waals surface area contributed by atoms with Gasteiger partial charge in [-0.15, -0.1) is 11.3 Å². The van der Waals surface area contributed by atoms with Crippen molar-refractivity contribution < 1.29 is 4.79 Å². The second-order valence-corrected chi connectivity index (χ2v) is 5.17. The fourth-order valence-corrected chi connectivity index (χ4v) is 2.56. The van der Waals surface area contributed by atoms with Crippen LogP contribution >= 0.6 is 38.9 Å². The van der Waals surface area contributed by atoms with Gasteiger partial charge < -0.3 is 0 Å². The van der Waals surface area contributed by atoms with Crippen LogP contribution in [-0.4, -0.2) is 5.78 Å². The topological polar surface area (TPSA) is 17.1 Å². The van der Waals surface area contributed by atoms with Crippen LogP contribution in [0.25, 0.3) is 0 Å². The molecule has 0 N–H and O–H groups in total. The average Bonchev–Trinajstić information content (AvgIpc) is 2.65. The Morgan fingerprint density at radius 3 is 2.40 bits per heavy atom. The number of benzene rings is 1. The molecule has 0 aliphatic rings. The van der Waals surface area contributed by atoms with Crippen molar-refractivity contribution in [3.05, 3.63) is 55.6 Å². The predicted octanol–water partition coefficient (Wildman–Crippen LogP) is 4.40. The van der Waals surface area contributed by atoms with E-state index in [1.54, 1.807) is 18.2 Å². The minimum atomic E-state index is -0.0255. The Balaban J connectivity index is 2.37. The first kappa shape index (κ1) is 10.9. The summed E-state index contributed by atoms with van der Waals surface area (Å²) in [5, 5.41) is 2.34. The molecule has 0 aliphatic heterocycles. The summed E-state index contributed by atoms with van der Waals surface area (Å²) in [6.45, 7) is 0. The van der Waals surface area contributed by atoms with E-state index in [1.807, 2.05) is 17.5 Å². The van der Waals surface area contributed by atoms with E-state index in [-0.39, 0.29) is 5.78 Å². The third kappa shape index (κ3) is 2.30. The van der Waals surface area contributed by atoms with Gasteiger partial charge in [-0.25, -0.2) is 0 Å². The Morgan fingerprint density at radius 1 is 1.20 bits per heavy atom. The summed E-state index contributed by atoms with van der Waals surface area (Å²) in [6.07, 6.45) is 0. The zero-order chi connectivity index (χ0) is 10.8. The number of carbonyl (C=O) groups excluding carboxylic acids is 1. The van der Waals surface area contributed by atoms with Crippen molar-refractivity contribution in [2.45, 2.75) is 0 Å². The van der Waals surface area contributed by atoms with Crippen LogP contribution in [0.4, 0.5) is 0 Å². The highest BCUT2D eigenvalue weighted by Gasteiger charge is 2.13. The fraction of sp³-hybridized carbons (Fsp3) is 0. The lowest BCUT2D eigenvalue weighted by Crippen LogP contribution is -1.98. The van der Waals surface area contributed by atoms with E-state index in [0.29, 0.717) is 15.5 Å². The molecule has 0 saturated carbocycles. The smallest absolute Gasteiger partial charge is 0.204 e. The van der Waals surface area contributed by atoms with E-state index in [2.05, 4.69) is 15.9 Å². The summed E-state index contributed by atoms with van der Waals surface area (Å²) < 4.78 is 0.955. The van der Waals surface area contributed by atoms with E-state index in [4.69, 9.17) is 11.6 Å². The Morgan fingerprint density at radius 2 is 1.87 bits per heavy atom. The van der Waals surface area contributed by atoms with Gasteiger partial charge in [-0.2, -0.15) is 0 Å². The lowest BCUT2D eigenvalue weighted by molar-refractivity contribution is 0.104. The Kier molecular flexibility index (Phi) is 3.24. The second-order valence-electron chi connectivity index (χ2n) is 2.93. The van der Waals surface area contributed by atoms with Crippen molar-refractivity contribution in [3.8, 4) is 0 Å². The van der Waals surface area contributed by atoms with E-state index in [1.165, 1.54) is 11.3 Å². The molecule has 0 radical (unpaired) electrons. The van der Waals surface area contributed by atoms with E-state index >= 15 is 0 Å². The number of hydrogen-bond donors (Lipinski definition) is 0. The highest BCUT2D eigenvalue weighted by molar-refractivity contribution is 9.10. The summed E-state index contributed by atoms with van der Waals surface area (Å²) in [6, 6.07) is 8.98. The molecule has 0 unspecified atom stereocenters. The molecule has 0 amide bonds. The first-order valence-corrected chi connectivity index (χ1v) is 6.27. The SMILES string of the molecule is O=C(c1ccc(Br)cc1)c1sccc1Cl. The predicted molar refractivity (Wildman–Crippen MR) is 66.9 cm³/mol. The number of hydrogen-bond acceptors (Lipinski definition) is 2. The van der Waals surface area contributed by atoms with Crippen molar-refractivity contribution >= 4 is 44.7 Å². The van der Waals surface area contributed by atoms with E-state index in [9.17, 15) is 4.79 Å². The molecule has 2 aromatic rings. The largest absolute Gasteiger partial charge is 0.288 e. The average molecular weight is 302 g/mol. The number of halogens is 2. The Hall–Kier alpha value is -0.640. The summed E-state index contributed by atoms with van der Waals surface area (Å²) in [5.41, 5.74) is 0.655. The molecule has 1 nitrogen and oxygen atoms in total. The quantitative estimate of drug-likeness (QED) is 0.752. The van der Waals surface area contributed by atoms with Gasteiger partial charge in [0.25, 0.3) is 0 Å². The third-order valence-corrected chi connectivity index (χ3v) is 3.80. The maximum atomic E-state index is 12.0. The minimum absolute atomic E-state index is 0.0255. The maximum Gasteiger partial charge on any atom is 0.204 e. The van der Waals surface area contributed by atoms with Crippen LogP contribution < -0.4 is 0 Å². The highest BCUT2D eigenvalue weighted by Crippen LogP contribution is 2.25. The van der Waals surface area contributed by atoms with Gasteiger partial charge in [-0.1, -0.05) is 27.5 Å². The third-order valence-electron chi connectivity index (χ3n) is 1.93. The van der Waals surface area contributed by atoms with Crippen LogP contribution in [0.3, 0.4) is 0 Å². The van der Waals surface area contributed by atoms with E-state index < -0.39 is 0 Å². The lowest BCUT2D eigenvalue weighted by atomic mass is 10.1. The molecular weight excluding hydrogens is 296 g/mol. The monoisotopic (exact) mass is 300 g/mol. The normalized spacial score (nSPS) is 10.3. The van der Waals surface area contributed by atoms with Crippen LogP contribution in [-0.2, 0) is 0 Å². The van der Waals surface area contributed by atoms with Crippen LogP contribution in [0.15, 0.2) is 40.2 Å². The molecule has 0 bridgehead atoms. The Bertz CT molecular complexity index is 490. The van der Waals surface area contributed by atoms with Crippen molar-refractivity contribution in [2.24, 2.45) is 0 Å². The zero-order valence-corrected chi connectivity index (χ0v) is 10.7. The van der Waals surface area contributed by atoms with E-state index in [0.717, 1.165) is 4.47 Å². The van der Waals surface area contributed by atoms with Gasteiger partial charge in [-0.3, -0.25) is 4.79 Å². The molecule has 76 valence electrons. The van der Waals surface area contributed by atoms with Gasteiger partial charge in [0.1, 0.15) is 0 Å². The van der Waals surface area contributed by atoms with Gasteiger partial charge in [-0.05, 0) is 35.7 Å². The number of rotatable bonds is 2. The molecule has 0 fully saturated rings. The van der Waals surface area contributed by atoms with Crippen LogP contribution in [0.2, 0.25) is 5.02 Å². The molecule has 0 saturated heterocycles. The molecule has 1 aromatic carbocycles. The summed E-state index contributed by atoms with van der Waals surface area (Å²) in [4.78, 5) is 12.5. The fourth-order valence-electron chi connectivity index (χ4n) is 1.19.